The molecule has 1 atom stereocenters. The summed E-state index contributed by atoms with van der Waals surface area (Å²) in [7, 11) is 0. The van der Waals surface area contributed by atoms with Crippen LogP contribution in [0.4, 0.5) is 10.5 Å². The zero-order valence-electron chi connectivity index (χ0n) is 14.9. The number of carbonyl (C=O) groups is 2. The van der Waals surface area contributed by atoms with Gasteiger partial charge in [0.25, 0.3) is 0 Å². The van der Waals surface area contributed by atoms with Crippen molar-refractivity contribution in [2.45, 2.75) is 32.7 Å². The molecule has 0 radical (unpaired) electrons. The highest BCUT2D eigenvalue weighted by Crippen LogP contribution is 2.14. The van der Waals surface area contributed by atoms with Gasteiger partial charge in [-0.3, -0.25) is 4.79 Å². The van der Waals surface area contributed by atoms with Crippen molar-refractivity contribution in [1.82, 2.24) is 16.1 Å². The Balaban J connectivity index is 2.59. The molecule has 0 spiro atoms. The molecule has 0 saturated heterocycles. The van der Waals surface area contributed by atoms with E-state index in [1.165, 1.54) is 0 Å². The Kier molecular flexibility index (Phi) is 9.45. The topological polar surface area (TPSA) is 147 Å². The van der Waals surface area contributed by atoms with E-state index >= 15 is 0 Å². The third-order valence-electron chi connectivity index (χ3n) is 3.41. The Morgan fingerprint density at radius 2 is 1.88 bits per heavy atom. The molecular weight excluding hydrogens is 402 g/mol. The van der Waals surface area contributed by atoms with Crippen molar-refractivity contribution < 1.29 is 9.59 Å². The SMILES string of the molecule is CC(C)C[C@H](NC(=O)Nc1ccc(Br)cc1)C(=O)NCC/C(=N/N)NN. The van der Waals surface area contributed by atoms with Gasteiger partial charge in [0.2, 0.25) is 5.91 Å². The molecule has 0 unspecified atom stereocenters. The van der Waals surface area contributed by atoms with Crippen LogP contribution in [0.2, 0.25) is 0 Å². The van der Waals surface area contributed by atoms with Crippen LogP contribution in [0, 0.1) is 5.92 Å². The van der Waals surface area contributed by atoms with Gasteiger partial charge in [-0.2, -0.15) is 5.10 Å². The molecule has 0 aromatic heterocycles. The van der Waals surface area contributed by atoms with Gasteiger partial charge in [0, 0.05) is 23.1 Å². The summed E-state index contributed by atoms with van der Waals surface area (Å²) in [5.41, 5.74) is 2.97. The first-order chi connectivity index (χ1) is 12.3. The van der Waals surface area contributed by atoms with Crippen LogP contribution in [0.15, 0.2) is 33.8 Å². The number of amides is 3. The minimum Gasteiger partial charge on any atom is -0.354 e. The van der Waals surface area contributed by atoms with E-state index in [-0.39, 0.29) is 11.8 Å². The number of hydrogen-bond donors (Lipinski definition) is 6. The van der Waals surface area contributed by atoms with E-state index in [4.69, 9.17) is 11.7 Å². The summed E-state index contributed by atoms with van der Waals surface area (Å²) in [6, 6.07) is 6.05. The predicted octanol–water partition coefficient (Wildman–Crippen LogP) is 1.23. The van der Waals surface area contributed by atoms with Crippen LogP contribution in [0.3, 0.4) is 0 Å². The van der Waals surface area contributed by atoms with Gasteiger partial charge >= 0.3 is 6.03 Å². The fourth-order valence-electron chi connectivity index (χ4n) is 2.16. The maximum absolute atomic E-state index is 12.4. The number of benzene rings is 1. The molecule has 0 fully saturated rings. The fourth-order valence-corrected chi connectivity index (χ4v) is 2.43. The van der Waals surface area contributed by atoms with Crippen LogP contribution in [0.25, 0.3) is 0 Å². The lowest BCUT2D eigenvalue weighted by Gasteiger charge is -2.20. The number of nitrogens with zero attached hydrogens (tertiary/aromatic N) is 1. The van der Waals surface area contributed by atoms with Gasteiger partial charge in [-0.15, -0.1) is 0 Å². The molecule has 0 saturated carbocycles. The molecule has 9 nitrogen and oxygen atoms in total. The normalized spacial score (nSPS) is 12.4. The molecule has 144 valence electrons. The van der Waals surface area contributed by atoms with Gasteiger partial charge in [0.1, 0.15) is 11.9 Å². The number of halogens is 1. The van der Waals surface area contributed by atoms with Gasteiger partial charge in [-0.1, -0.05) is 29.8 Å². The Hall–Kier alpha value is -2.33. The van der Waals surface area contributed by atoms with E-state index in [0.29, 0.717) is 30.9 Å². The molecular formula is C16H26BrN7O2. The number of carbonyl (C=O) groups excluding carboxylic acids is 2. The summed E-state index contributed by atoms with van der Waals surface area (Å²) in [4.78, 5) is 24.6. The van der Waals surface area contributed by atoms with Crippen LogP contribution >= 0.6 is 15.9 Å². The average Bonchev–Trinajstić information content (AvgIpc) is 2.59. The number of hydrazone groups is 1. The number of urea groups is 1. The van der Waals surface area contributed by atoms with Crippen LogP contribution in [-0.2, 0) is 4.79 Å². The molecule has 10 heteroatoms. The molecule has 0 aliphatic heterocycles. The molecule has 0 heterocycles. The monoisotopic (exact) mass is 427 g/mol. The van der Waals surface area contributed by atoms with Gasteiger partial charge < -0.3 is 27.2 Å². The molecule has 1 aromatic rings. The number of nitrogens with two attached hydrogens (primary N) is 2. The first-order valence-electron chi connectivity index (χ1n) is 8.19. The largest absolute Gasteiger partial charge is 0.354 e. The Bertz CT molecular complexity index is 620. The first kappa shape index (κ1) is 21.7. The van der Waals surface area contributed by atoms with Crippen LogP contribution < -0.4 is 33.1 Å². The second kappa shape index (κ2) is 11.3. The highest BCUT2D eigenvalue weighted by atomic mass is 79.9. The lowest BCUT2D eigenvalue weighted by Crippen LogP contribution is -2.49. The molecule has 26 heavy (non-hydrogen) atoms. The zero-order chi connectivity index (χ0) is 19.5. The maximum atomic E-state index is 12.4. The third-order valence-corrected chi connectivity index (χ3v) is 3.94. The van der Waals surface area contributed by atoms with Crippen LogP contribution in [-0.4, -0.2) is 30.4 Å². The molecule has 0 bridgehead atoms. The number of hydrazine groups is 1. The van der Waals surface area contributed by atoms with E-state index in [2.05, 4.69) is 42.4 Å². The van der Waals surface area contributed by atoms with Crippen molar-refractivity contribution in [1.29, 1.82) is 0 Å². The first-order valence-corrected chi connectivity index (χ1v) is 8.99. The predicted molar refractivity (Wildman–Crippen MR) is 106 cm³/mol. The maximum Gasteiger partial charge on any atom is 0.319 e. The number of amidine groups is 1. The zero-order valence-corrected chi connectivity index (χ0v) is 16.5. The lowest BCUT2D eigenvalue weighted by atomic mass is 10.0. The van der Waals surface area contributed by atoms with Crippen molar-refractivity contribution in [3.8, 4) is 0 Å². The lowest BCUT2D eigenvalue weighted by molar-refractivity contribution is -0.123. The third kappa shape index (κ3) is 8.17. The summed E-state index contributed by atoms with van der Waals surface area (Å²) in [5.74, 6) is 10.7. The minimum absolute atomic E-state index is 0.227. The van der Waals surface area contributed by atoms with E-state index in [0.717, 1.165) is 4.47 Å². The van der Waals surface area contributed by atoms with Crippen LogP contribution in [0.1, 0.15) is 26.7 Å². The highest BCUT2D eigenvalue weighted by molar-refractivity contribution is 9.10. The highest BCUT2D eigenvalue weighted by Gasteiger charge is 2.21. The second-order valence-corrected chi connectivity index (χ2v) is 6.96. The minimum atomic E-state index is -0.658. The molecule has 3 amide bonds. The van der Waals surface area contributed by atoms with E-state index in [9.17, 15) is 9.59 Å². The van der Waals surface area contributed by atoms with Gasteiger partial charge in [-0.25, -0.2) is 10.6 Å². The standard InChI is InChI=1S/C16H26BrN7O2/c1-10(2)9-13(15(25)20-8-7-14(23-18)24-19)22-16(26)21-12-5-3-11(17)4-6-12/h3-6,10,13H,7-9,18-19H2,1-2H3,(H,20,25)(H,23,24)(H2,21,22,26)/t13-/m0/s1. The van der Waals surface area contributed by atoms with Crippen molar-refractivity contribution in [2.24, 2.45) is 22.7 Å². The molecule has 0 aliphatic carbocycles. The summed E-state index contributed by atoms with van der Waals surface area (Å²) in [5, 5.41) is 11.6. The Morgan fingerprint density at radius 3 is 2.42 bits per heavy atom. The van der Waals surface area contributed by atoms with E-state index < -0.39 is 12.1 Å². The number of anilines is 1. The summed E-state index contributed by atoms with van der Waals surface area (Å²) in [6.45, 7) is 4.25. The molecule has 1 rings (SSSR count). The Labute approximate surface area is 161 Å². The number of nitrogens with one attached hydrogen (secondary N) is 4. The van der Waals surface area contributed by atoms with E-state index in [1.807, 2.05) is 26.0 Å². The molecule has 8 N–H and O–H groups in total. The van der Waals surface area contributed by atoms with Gasteiger partial charge in [-0.05, 0) is 36.6 Å². The van der Waals surface area contributed by atoms with Crippen LogP contribution in [0.5, 0.6) is 0 Å². The quantitative estimate of drug-likeness (QED) is 0.160. The Morgan fingerprint density at radius 1 is 1.23 bits per heavy atom. The van der Waals surface area contributed by atoms with Crippen molar-refractivity contribution >= 4 is 39.4 Å². The fraction of sp³-hybridized carbons (Fsp3) is 0.438. The average molecular weight is 428 g/mol. The van der Waals surface area contributed by atoms with Crippen molar-refractivity contribution in [3.63, 3.8) is 0 Å². The molecule has 1 aromatic carbocycles. The number of hydrogen-bond acceptors (Lipinski definition) is 5. The summed E-state index contributed by atoms with van der Waals surface area (Å²) >= 11 is 3.33. The molecule has 0 aliphatic rings. The smallest absolute Gasteiger partial charge is 0.319 e. The van der Waals surface area contributed by atoms with E-state index in [1.54, 1.807) is 12.1 Å². The van der Waals surface area contributed by atoms with Gasteiger partial charge in [0.15, 0.2) is 0 Å². The van der Waals surface area contributed by atoms with Gasteiger partial charge in [0.05, 0.1) is 0 Å². The van der Waals surface area contributed by atoms with Crippen molar-refractivity contribution in [3.05, 3.63) is 28.7 Å². The summed E-state index contributed by atoms with van der Waals surface area (Å²) < 4.78 is 0.910. The second-order valence-electron chi connectivity index (χ2n) is 6.05. The number of rotatable bonds is 8. The van der Waals surface area contributed by atoms with Crippen molar-refractivity contribution in [2.75, 3.05) is 11.9 Å². The summed E-state index contributed by atoms with van der Waals surface area (Å²) in [6.07, 6.45) is 0.866.